The average molecular weight is 516 g/mol. The monoisotopic (exact) mass is 515 g/mol. The summed E-state index contributed by atoms with van der Waals surface area (Å²) in [5, 5.41) is 18.4. The van der Waals surface area contributed by atoms with Crippen molar-refractivity contribution in [2.45, 2.75) is 24.4 Å². The Labute approximate surface area is 219 Å². The standard InChI is InChI=1S/C27H26ClN7O2/c28-21-6-2-5-20-22(16-37-23(20)21)31-25(36)18-3-1-4-19(15-18)33-27(9-13-30-14-10-27)26-32-24(34-35-26)17-7-11-29-12-8-17/h1-8,11-12,15,22,30,33H,9-10,13-14,16H2,(H,31,36)(H,32,34,35)/t22-/m1/s1. The molecule has 4 heterocycles. The van der Waals surface area contributed by atoms with Gasteiger partial charge in [-0.2, -0.15) is 5.10 Å². The molecule has 2 aromatic heterocycles. The largest absolute Gasteiger partial charge is 0.489 e. The van der Waals surface area contributed by atoms with E-state index in [9.17, 15) is 4.79 Å². The van der Waals surface area contributed by atoms with Gasteiger partial charge in [-0.05, 0) is 62.3 Å². The van der Waals surface area contributed by atoms with Gasteiger partial charge in [0, 0.05) is 34.8 Å². The summed E-state index contributed by atoms with van der Waals surface area (Å²) in [6.45, 7) is 2.02. The minimum absolute atomic E-state index is 0.177. The lowest BCUT2D eigenvalue weighted by molar-refractivity contribution is 0.0930. The molecule has 4 aromatic rings. The number of hydrogen-bond acceptors (Lipinski definition) is 7. The van der Waals surface area contributed by atoms with Gasteiger partial charge in [0.1, 0.15) is 12.4 Å². The summed E-state index contributed by atoms with van der Waals surface area (Å²) >= 11 is 6.24. The maximum absolute atomic E-state index is 13.2. The predicted molar refractivity (Wildman–Crippen MR) is 141 cm³/mol. The van der Waals surface area contributed by atoms with Crippen LogP contribution in [0.4, 0.5) is 5.69 Å². The fourth-order valence-corrected chi connectivity index (χ4v) is 5.20. The van der Waals surface area contributed by atoms with Crippen LogP contribution in [0.15, 0.2) is 67.0 Å². The number of carbonyl (C=O) groups is 1. The Bertz CT molecular complexity index is 1420. The molecular weight excluding hydrogens is 490 g/mol. The van der Waals surface area contributed by atoms with Gasteiger partial charge in [0.05, 0.1) is 16.6 Å². The molecule has 10 heteroatoms. The van der Waals surface area contributed by atoms with Crippen molar-refractivity contribution in [3.05, 3.63) is 89.0 Å². The Morgan fingerprint density at radius 2 is 1.89 bits per heavy atom. The van der Waals surface area contributed by atoms with E-state index in [0.717, 1.165) is 48.6 Å². The van der Waals surface area contributed by atoms with E-state index in [-0.39, 0.29) is 11.9 Å². The second kappa shape index (κ2) is 9.84. The van der Waals surface area contributed by atoms with Crippen LogP contribution in [0.1, 0.15) is 40.6 Å². The molecular formula is C27H26ClN7O2. The van der Waals surface area contributed by atoms with Crippen molar-refractivity contribution in [3.63, 3.8) is 0 Å². The highest BCUT2D eigenvalue weighted by molar-refractivity contribution is 6.32. The normalized spacial score (nSPS) is 18.0. The summed E-state index contributed by atoms with van der Waals surface area (Å²) in [6.07, 6.45) is 5.08. The molecule has 1 fully saturated rings. The molecule has 4 N–H and O–H groups in total. The van der Waals surface area contributed by atoms with Gasteiger partial charge >= 0.3 is 0 Å². The summed E-state index contributed by atoms with van der Waals surface area (Å²) < 4.78 is 5.71. The number of ether oxygens (including phenoxy) is 1. The summed E-state index contributed by atoms with van der Waals surface area (Å²) in [7, 11) is 0. The first-order chi connectivity index (χ1) is 18.1. The van der Waals surface area contributed by atoms with Gasteiger partial charge in [-0.25, -0.2) is 4.98 Å². The number of nitrogens with zero attached hydrogens (tertiary/aromatic N) is 3. The van der Waals surface area contributed by atoms with Gasteiger partial charge in [-0.1, -0.05) is 29.8 Å². The van der Waals surface area contributed by atoms with Crippen LogP contribution in [0, 0.1) is 0 Å². The molecule has 9 nitrogen and oxygen atoms in total. The molecule has 0 radical (unpaired) electrons. The molecule has 0 bridgehead atoms. The number of rotatable bonds is 6. The van der Waals surface area contributed by atoms with Gasteiger partial charge < -0.3 is 20.7 Å². The zero-order chi connectivity index (χ0) is 25.2. The fourth-order valence-electron chi connectivity index (χ4n) is 4.96. The van der Waals surface area contributed by atoms with Crippen LogP contribution in [0.25, 0.3) is 11.4 Å². The summed E-state index contributed by atoms with van der Waals surface area (Å²) in [5.41, 5.74) is 2.73. The second-order valence-electron chi connectivity index (χ2n) is 9.28. The van der Waals surface area contributed by atoms with Crippen LogP contribution < -0.4 is 20.7 Å². The Morgan fingerprint density at radius 1 is 1.08 bits per heavy atom. The minimum atomic E-state index is -0.451. The Kier molecular flexibility index (Phi) is 6.23. The molecule has 1 amide bonds. The first-order valence-electron chi connectivity index (χ1n) is 12.3. The van der Waals surface area contributed by atoms with E-state index in [0.29, 0.717) is 28.8 Å². The highest BCUT2D eigenvalue weighted by atomic mass is 35.5. The number of nitrogens with one attached hydrogen (secondary N) is 4. The van der Waals surface area contributed by atoms with E-state index in [1.807, 2.05) is 42.5 Å². The van der Waals surface area contributed by atoms with Crippen LogP contribution in [-0.2, 0) is 5.54 Å². The van der Waals surface area contributed by atoms with Gasteiger partial charge in [-0.3, -0.25) is 14.9 Å². The molecule has 0 saturated carbocycles. The van der Waals surface area contributed by atoms with Gasteiger partial charge in [0.15, 0.2) is 11.6 Å². The van der Waals surface area contributed by atoms with Crippen LogP contribution in [0.2, 0.25) is 5.02 Å². The zero-order valence-electron chi connectivity index (χ0n) is 20.0. The molecule has 0 aliphatic carbocycles. The van der Waals surface area contributed by atoms with Gasteiger partial charge in [-0.15, -0.1) is 0 Å². The number of aromatic amines is 1. The quantitative estimate of drug-likeness (QED) is 0.306. The molecule has 0 spiro atoms. The number of benzene rings is 2. The zero-order valence-corrected chi connectivity index (χ0v) is 20.8. The molecule has 2 aromatic carbocycles. The molecule has 1 atom stereocenters. The number of pyridine rings is 1. The van der Waals surface area contributed by atoms with Crippen molar-refractivity contribution < 1.29 is 9.53 Å². The molecule has 1 saturated heterocycles. The summed E-state index contributed by atoms with van der Waals surface area (Å²) in [5.74, 6) is 1.86. The highest BCUT2D eigenvalue weighted by Crippen LogP contribution is 2.38. The van der Waals surface area contributed by atoms with E-state index in [1.54, 1.807) is 24.5 Å². The number of carbonyl (C=O) groups excluding carboxylic acids is 1. The van der Waals surface area contributed by atoms with E-state index < -0.39 is 5.54 Å². The first kappa shape index (κ1) is 23.4. The third kappa shape index (κ3) is 4.63. The van der Waals surface area contributed by atoms with Crippen LogP contribution in [0.5, 0.6) is 5.75 Å². The Balaban J connectivity index is 1.23. The van der Waals surface area contributed by atoms with E-state index >= 15 is 0 Å². The van der Waals surface area contributed by atoms with Gasteiger partial charge in [0.2, 0.25) is 0 Å². The number of amides is 1. The maximum Gasteiger partial charge on any atom is 0.251 e. The predicted octanol–water partition coefficient (Wildman–Crippen LogP) is 4.07. The maximum atomic E-state index is 13.2. The van der Waals surface area contributed by atoms with Crippen LogP contribution in [0.3, 0.4) is 0 Å². The number of anilines is 1. The number of H-pyrrole nitrogens is 1. The van der Waals surface area contributed by atoms with Crippen molar-refractivity contribution in [1.29, 1.82) is 0 Å². The lowest BCUT2D eigenvalue weighted by atomic mass is 9.87. The van der Waals surface area contributed by atoms with Crippen molar-refractivity contribution in [2.24, 2.45) is 0 Å². The third-order valence-electron chi connectivity index (χ3n) is 6.92. The van der Waals surface area contributed by atoms with Crippen LogP contribution in [-0.4, -0.2) is 45.8 Å². The van der Waals surface area contributed by atoms with E-state index in [1.165, 1.54) is 0 Å². The van der Waals surface area contributed by atoms with Crippen molar-refractivity contribution in [1.82, 2.24) is 30.8 Å². The average Bonchev–Trinajstić information content (AvgIpc) is 3.59. The lowest BCUT2D eigenvalue weighted by Crippen LogP contribution is -2.46. The Hall–Kier alpha value is -3.95. The molecule has 2 aliphatic rings. The first-order valence-corrected chi connectivity index (χ1v) is 12.6. The van der Waals surface area contributed by atoms with Crippen molar-refractivity contribution in [3.8, 4) is 17.1 Å². The van der Waals surface area contributed by atoms with E-state index in [4.69, 9.17) is 21.3 Å². The van der Waals surface area contributed by atoms with Gasteiger partial charge in [0.25, 0.3) is 5.91 Å². The number of para-hydroxylation sites is 1. The summed E-state index contributed by atoms with van der Waals surface area (Å²) in [4.78, 5) is 22.1. The molecule has 2 aliphatic heterocycles. The SMILES string of the molecule is O=C(N[C@@H]1COc2c(Cl)cccc21)c1cccc(NC2(c3nc(-c4ccncc4)n[nH]3)CCNCC2)c1. The molecule has 6 rings (SSSR count). The Morgan fingerprint density at radius 3 is 2.73 bits per heavy atom. The summed E-state index contributed by atoms with van der Waals surface area (Å²) in [6, 6.07) is 16.6. The topological polar surface area (TPSA) is 117 Å². The second-order valence-corrected chi connectivity index (χ2v) is 9.68. The number of aromatic nitrogens is 4. The smallest absolute Gasteiger partial charge is 0.251 e. The molecule has 0 unspecified atom stereocenters. The lowest BCUT2D eigenvalue weighted by Gasteiger charge is -2.37. The number of fused-ring (bicyclic) bond motifs is 1. The number of halogens is 1. The van der Waals surface area contributed by atoms with E-state index in [2.05, 4.69) is 31.1 Å². The minimum Gasteiger partial charge on any atom is -0.489 e. The molecule has 188 valence electrons. The third-order valence-corrected chi connectivity index (χ3v) is 7.21. The van der Waals surface area contributed by atoms with Crippen LogP contribution >= 0.6 is 11.6 Å². The fraction of sp³-hybridized carbons (Fsp3) is 0.259. The molecule has 37 heavy (non-hydrogen) atoms. The highest BCUT2D eigenvalue weighted by Gasteiger charge is 2.37. The number of piperidine rings is 1. The number of hydrogen-bond donors (Lipinski definition) is 4. The van der Waals surface area contributed by atoms with Crippen molar-refractivity contribution >= 4 is 23.2 Å². The van der Waals surface area contributed by atoms with Crippen molar-refractivity contribution in [2.75, 3.05) is 25.0 Å².